The van der Waals surface area contributed by atoms with E-state index in [0.717, 1.165) is 17.7 Å². The van der Waals surface area contributed by atoms with Crippen LogP contribution in [0.15, 0.2) is 48.5 Å². The number of benzene rings is 2. The van der Waals surface area contributed by atoms with E-state index in [4.69, 9.17) is 0 Å². The highest BCUT2D eigenvalue weighted by atomic mass is 19.4. The molecule has 0 saturated heterocycles. The molecule has 2 heterocycles. The van der Waals surface area contributed by atoms with Crippen LogP contribution in [0.2, 0.25) is 0 Å². The normalized spacial score (nSPS) is 13.8. The molecule has 0 aliphatic carbocycles. The van der Waals surface area contributed by atoms with Crippen LogP contribution in [-0.4, -0.2) is 29.0 Å². The molecule has 4 rings (SSSR count). The number of nitrogens with zero attached hydrogens (tertiary/aromatic N) is 2. The lowest BCUT2D eigenvalue weighted by molar-refractivity contribution is -0.119. The van der Waals surface area contributed by atoms with E-state index in [1.54, 1.807) is 23.1 Å². The average Bonchev–Trinajstić information content (AvgIpc) is 3.20. The number of anilines is 1. The summed E-state index contributed by atoms with van der Waals surface area (Å²) in [7, 11) is 0. The van der Waals surface area contributed by atoms with Gasteiger partial charge in [-0.3, -0.25) is 9.59 Å². The zero-order chi connectivity index (χ0) is 20.1. The van der Waals surface area contributed by atoms with Gasteiger partial charge in [0.05, 0.1) is 5.56 Å². The maximum Gasteiger partial charge on any atom is 0.454 e. The van der Waals surface area contributed by atoms with Crippen LogP contribution in [0.1, 0.15) is 21.6 Å². The number of rotatable bonds is 3. The first-order valence-corrected chi connectivity index (χ1v) is 8.86. The maximum absolute atomic E-state index is 13.1. The number of hydrogen-bond donors (Lipinski definition) is 0. The standard InChI is InChI=1S/C21H17F3N2O2/c1-13-19(20(28)21(22,23)24)15-7-3-5-9-17(15)26(13)12-18(27)25-11-10-14-6-2-4-8-16(14)25/h2-9H,10-12H2,1H3. The fraction of sp³-hybridized carbons (Fsp3) is 0.238. The minimum absolute atomic E-state index is 0.133. The van der Waals surface area contributed by atoms with Gasteiger partial charge in [-0.2, -0.15) is 13.2 Å². The number of alkyl halides is 3. The summed E-state index contributed by atoms with van der Waals surface area (Å²) in [6, 6.07) is 13.9. The predicted octanol–water partition coefficient (Wildman–Crippen LogP) is 4.28. The van der Waals surface area contributed by atoms with Crippen molar-refractivity contribution in [2.45, 2.75) is 26.1 Å². The van der Waals surface area contributed by atoms with Gasteiger partial charge in [0.2, 0.25) is 5.91 Å². The summed E-state index contributed by atoms with van der Waals surface area (Å²) in [5, 5.41) is 0.206. The Balaban J connectivity index is 1.75. The summed E-state index contributed by atoms with van der Waals surface area (Å²) in [5.74, 6) is -2.11. The van der Waals surface area contributed by atoms with Crippen LogP contribution in [0.25, 0.3) is 10.9 Å². The summed E-state index contributed by atoms with van der Waals surface area (Å²) in [6.45, 7) is 1.85. The Kier molecular flexibility index (Phi) is 4.25. The van der Waals surface area contributed by atoms with E-state index >= 15 is 0 Å². The SMILES string of the molecule is Cc1c(C(=O)C(F)(F)F)c2ccccc2n1CC(=O)N1CCc2ccccc21. The van der Waals surface area contributed by atoms with Gasteiger partial charge in [0.1, 0.15) is 6.54 Å². The van der Waals surface area contributed by atoms with E-state index in [1.807, 2.05) is 24.3 Å². The second kappa shape index (κ2) is 6.51. The summed E-state index contributed by atoms with van der Waals surface area (Å²) < 4.78 is 40.8. The Morgan fingerprint density at radius 3 is 2.46 bits per heavy atom. The van der Waals surface area contributed by atoms with Crippen molar-refractivity contribution in [2.24, 2.45) is 0 Å². The molecule has 7 heteroatoms. The van der Waals surface area contributed by atoms with Crippen LogP contribution < -0.4 is 4.90 Å². The van der Waals surface area contributed by atoms with Gasteiger partial charge in [-0.1, -0.05) is 36.4 Å². The largest absolute Gasteiger partial charge is 0.454 e. The van der Waals surface area contributed by atoms with Crippen LogP contribution in [0.3, 0.4) is 0 Å². The molecule has 1 aliphatic heterocycles. The first-order valence-electron chi connectivity index (χ1n) is 8.86. The van der Waals surface area contributed by atoms with Gasteiger partial charge in [0.25, 0.3) is 5.78 Å². The molecule has 0 spiro atoms. The molecule has 1 amide bonds. The van der Waals surface area contributed by atoms with E-state index in [1.165, 1.54) is 17.6 Å². The number of fused-ring (bicyclic) bond motifs is 2. The number of carbonyl (C=O) groups excluding carboxylic acids is 2. The van der Waals surface area contributed by atoms with Gasteiger partial charge in [0, 0.05) is 28.8 Å². The number of amides is 1. The van der Waals surface area contributed by atoms with Gasteiger partial charge in [-0.05, 0) is 31.0 Å². The van der Waals surface area contributed by atoms with Gasteiger partial charge >= 0.3 is 6.18 Å². The number of ketones is 1. The highest BCUT2D eigenvalue weighted by molar-refractivity contribution is 6.12. The highest BCUT2D eigenvalue weighted by Crippen LogP contribution is 2.33. The van der Waals surface area contributed by atoms with Crippen molar-refractivity contribution in [3.63, 3.8) is 0 Å². The third-order valence-corrected chi connectivity index (χ3v) is 5.20. The first kappa shape index (κ1) is 18.3. The molecular formula is C21H17F3N2O2. The molecule has 0 radical (unpaired) electrons. The Morgan fingerprint density at radius 1 is 1.04 bits per heavy atom. The summed E-state index contributed by atoms with van der Waals surface area (Å²) in [6.07, 6.45) is -4.23. The molecule has 0 atom stereocenters. The first-order chi connectivity index (χ1) is 13.3. The minimum Gasteiger partial charge on any atom is -0.335 e. The van der Waals surface area contributed by atoms with Crippen LogP contribution in [0.5, 0.6) is 0 Å². The fourth-order valence-corrected chi connectivity index (χ4v) is 3.88. The monoisotopic (exact) mass is 386 g/mol. The number of halogens is 3. The van der Waals surface area contributed by atoms with Crippen molar-refractivity contribution < 1.29 is 22.8 Å². The second-order valence-corrected chi connectivity index (χ2v) is 6.81. The van der Waals surface area contributed by atoms with E-state index in [-0.39, 0.29) is 23.5 Å². The van der Waals surface area contributed by atoms with Crippen LogP contribution >= 0.6 is 0 Å². The fourth-order valence-electron chi connectivity index (χ4n) is 3.88. The van der Waals surface area contributed by atoms with Crippen LogP contribution in [-0.2, 0) is 17.8 Å². The lowest BCUT2D eigenvalue weighted by Gasteiger charge is -2.19. The van der Waals surface area contributed by atoms with Crippen molar-refractivity contribution in [3.8, 4) is 0 Å². The Labute approximate surface area is 159 Å². The second-order valence-electron chi connectivity index (χ2n) is 6.81. The number of carbonyl (C=O) groups is 2. The third-order valence-electron chi connectivity index (χ3n) is 5.20. The lowest BCUT2D eigenvalue weighted by atomic mass is 10.1. The predicted molar refractivity (Wildman–Crippen MR) is 99.6 cm³/mol. The molecule has 1 aliphatic rings. The van der Waals surface area contributed by atoms with Crippen molar-refractivity contribution in [2.75, 3.05) is 11.4 Å². The lowest BCUT2D eigenvalue weighted by Crippen LogP contribution is -2.32. The van der Waals surface area contributed by atoms with Crippen molar-refractivity contribution >= 4 is 28.3 Å². The van der Waals surface area contributed by atoms with E-state index in [0.29, 0.717) is 12.1 Å². The zero-order valence-corrected chi connectivity index (χ0v) is 15.1. The smallest absolute Gasteiger partial charge is 0.335 e. The molecule has 144 valence electrons. The molecule has 2 aromatic carbocycles. The van der Waals surface area contributed by atoms with Crippen molar-refractivity contribution in [3.05, 3.63) is 65.4 Å². The van der Waals surface area contributed by atoms with Gasteiger partial charge in [-0.25, -0.2) is 0 Å². The summed E-state index contributed by atoms with van der Waals surface area (Å²) >= 11 is 0. The molecule has 28 heavy (non-hydrogen) atoms. The number of aromatic nitrogens is 1. The molecule has 3 aromatic rings. The maximum atomic E-state index is 13.1. The van der Waals surface area contributed by atoms with Crippen molar-refractivity contribution in [1.29, 1.82) is 0 Å². The van der Waals surface area contributed by atoms with Gasteiger partial charge in [-0.15, -0.1) is 0 Å². The number of para-hydroxylation sites is 2. The summed E-state index contributed by atoms with van der Waals surface area (Å²) in [5.41, 5.74) is 2.08. The Bertz CT molecular complexity index is 1100. The van der Waals surface area contributed by atoms with Crippen LogP contribution in [0.4, 0.5) is 18.9 Å². The third kappa shape index (κ3) is 2.87. The topological polar surface area (TPSA) is 42.3 Å². The highest BCUT2D eigenvalue weighted by Gasteiger charge is 2.42. The molecule has 0 saturated carbocycles. The van der Waals surface area contributed by atoms with Gasteiger partial charge < -0.3 is 9.47 Å². The molecular weight excluding hydrogens is 369 g/mol. The van der Waals surface area contributed by atoms with Crippen LogP contribution in [0, 0.1) is 6.92 Å². The molecule has 4 nitrogen and oxygen atoms in total. The average molecular weight is 386 g/mol. The zero-order valence-electron chi connectivity index (χ0n) is 15.1. The van der Waals surface area contributed by atoms with Gasteiger partial charge in [0.15, 0.2) is 0 Å². The Morgan fingerprint density at radius 2 is 1.71 bits per heavy atom. The van der Waals surface area contributed by atoms with E-state index in [2.05, 4.69) is 0 Å². The number of hydrogen-bond acceptors (Lipinski definition) is 2. The minimum atomic E-state index is -4.97. The Hall–Kier alpha value is -3.09. The molecule has 0 unspecified atom stereocenters. The molecule has 0 bridgehead atoms. The van der Waals surface area contributed by atoms with Crippen molar-refractivity contribution in [1.82, 2.24) is 4.57 Å². The van der Waals surface area contributed by atoms with E-state index in [9.17, 15) is 22.8 Å². The number of Topliss-reactive ketones (excluding diaryl/α,β-unsaturated/α-hetero) is 1. The summed E-state index contributed by atoms with van der Waals surface area (Å²) in [4.78, 5) is 26.6. The molecule has 0 N–H and O–H groups in total. The quantitative estimate of drug-likeness (QED) is 0.631. The molecule has 1 aromatic heterocycles. The molecule has 0 fully saturated rings. The van der Waals surface area contributed by atoms with E-state index < -0.39 is 17.5 Å².